The zero-order chi connectivity index (χ0) is 28.8. The number of aromatic nitrogens is 1. The first-order valence-corrected chi connectivity index (χ1v) is 15.7. The molecule has 2 fully saturated rings. The zero-order valence-corrected chi connectivity index (χ0v) is 24.7. The van der Waals surface area contributed by atoms with Crippen LogP contribution in [0.4, 0.5) is 0 Å². The van der Waals surface area contributed by atoms with Crippen molar-refractivity contribution in [3.63, 3.8) is 0 Å². The maximum Gasteiger partial charge on any atom is 0.331 e. The van der Waals surface area contributed by atoms with Crippen LogP contribution in [-0.4, -0.2) is 47.6 Å². The third-order valence-electron chi connectivity index (χ3n) is 8.98. The smallest absolute Gasteiger partial charge is 0.331 e. The number of amides is 1. The van der Waals surface area contributed by atoms with E-state index in [9.17, 15) is 14.4 Å². The van der Waals surface area contributed by atoms with Crippen LogP contribution in [0.25, 0.3) is 0 Å². The SMILES string of the molecule is CC(C)(NC(=O)c1cc2c(n(CC3CCCCC3)c1=O)CCCCCC2)C(=O)O[C@H]1CO[C@H](C2C=CC=CC2)OC1. The largest absolute Gasteiger partial charge is 0.456 e. The van der Waals surface area contributed by atoms with E-state index in [-0.39, 0.29) is 36.5 Å². The van der Waals surface area contributed by atoms with Gasteiger partial charge in [-0.25, -0.2) is 4.79 Å². The number of allylic oxidation sites excluding steroid dienone is 3. The molecule has 1 N–H and O–H groups in total. The Labute approximate surface area is 243 Å². The number of esters is 1. The van der Waals surface area contributed by atoms with Crippen LogP contribution in [-0.2, 0) is 38.4 Å². The van der Waals surface area contributed by atoms with Gasteiger partial charge in [-0.15, -0.1) is 0 Å². The Bertz CT molecular complexity index is 1200. The third kappa shape index (κ3) is 7.39. The molecule has 4 aliphatic rings. The van der Waals surface area contributed by atoms with Crippen molar-refractivity contribution in [2.45, 2.75) is 115 Å². The highest BCUT2D eigenvalue weighted by atomic mass is 16.7. The van der Waals surface area contributed by atoms with Gasteiger partial charge in [0.2, 0.25) is 0 Å². The van der Waals surface area contributed by atoms with Crippen molar-refractivity contribution in [2.24, 2.45) is 11.8 Å². The molecule has 3 aliphatic carbocycles. The summed E-state index contributed by atoms with van der Waals surface area (Å²) in [6.07, 6.45) is 20.1. The average molecular weight is 567 g/mol. The van der Waals surface area contributed by atoms with Crippen molar-refractivity contribution in [3.05, 3.63) is 57.5 Å². The summed E-state index contributed by atoms with van der Waals surface area (Å²) in [5.74, 6) is -0.519. The molecular weight excluding hydrogens is 520 g/mol. The van der Waals surface area contributed by atoms with Crippen molar-refractivity contribution >= 4 is 11.9 Å². The van der Waals surface area contributed by atoms with Gasteiger partial charge in [0.1, 0.15) is 17.2 Å². The minimum atomic E-state index is -1.34. The van der Waals surface area contributed by atoms with Gasteiger partial charge >= 0.3 is 5.97 Å². The first-order valence-electron chi connectivity index (χ1n) is 15.7. The van der Waals surface area contributed by atoms with Crippen LogP contribution in [0, 0.1) is 11.8 Å². The standard InChI is InChI=1S/C33H46N2O6/c1-33(2,32(38)41-26-21-39-31(40-22-26)24-15-10-6-11-16-24)34-29(36)27-19-25-17-9-3-4-12-18-28(25)35(30(27)37)20-23-13-7-5-8-14-23/h6,10-11,15,19,23-24,26,31H,3-5,7-9,12-14,16-18,20-22H2,1-2H3,(H,34,36)/t24?,26-,31-. The molecule has 8 heteroatoms. The molecule has 1 unspecified atom stereocenters. The van der Waals surface area contributed by atoms with Crippen LogP contribution in [0.3, 0.4) is 0 Å². The molecule has 5 rings (SSSR count). The lowest BCUT2D eigenvalue weighted by molar-refractivity contribution is -0.239. The summed E-state index contributed by atoms with van der Waals surface area (Å²) < 4.78 is 19.3. The van der Waals surface area contributed by atoms with Crippen molar-refractivity contribution in [2.75, 3.05) is 13.2 Å². The highest BCUT2D eigenvalue weighted by Crippen LogP contribution is 2.28. The summed E-state index contributed by atoms with van der Waals surface area (Å²) in [6, 6.07) is 1.79. The predicted octanol–water partition coefficient (Wildman–Crippen LogP) is 5.01. The second-order valence-corrected chi connectivity index (χ2v) is 12.7. The fourth-order valence-corrected chi connectivity index (χ4v) is 6.54. The summed E-state index contributed by atoms with van der Waals surface area (Å²) in [5, 5.41) is 2.80. The second-order valence-electron chi connectivity index (χ2n) is 12.7. The number of rotatable bonds is 7. The summed E-state index contributed by atoms with van der Waals surface area (Å²) in [5.41, 5.74) is 0.729. The number of aryl methyl sites for hydroxylation is 1. The van der Waals surface area contributed by atoms with E-state index in [1.54, 1.807) is 19.9 Å². The van der Waals surface area contributed by atoms with Crippen LogP contribution >= 0.6 is 0 Å². The molecule has 0 spiro atoms. The monoisotopic (exact) mass is 566 g/mol. The van der Waals surface area contributed by atoms with Crippen LogP contribution in [0.2, 0.25) is 0 Å². The Balaban J connectivity index is 1.27. The van der Waals surface area contributed by atoms with E-state index in [2.05, 4.69) is 17.5 Å². The van der Waals surface area contributed by atoms with Crippen molar-refractivity contribution < 1.29 is 23.8 Å². The minimum Gasteiger partial charge on any atom is -0.456 e. The van der Waals surface area contributed by atoms with Gasteiger partial charge in [-0.05, 0) is 76.3 Å². The number of hydrogen-bond acceptors (Lipinski definition) is 6. The molecule has 1 atom stereocenters. The van der Waals surface area contributed by atoms with Crippen molar-refractivity contribution in [1.82, 2.24) is 9.88 Å². The lowest BCUT2D eigenvalue weighted by Crippen LogP contribution is -2.54. The van der Waals surface area contributed by atoms with E-state index in [1.165, 1.54) is 25.7 Å². The predicted molar refractivity (Wildman–Crippen MR) is 157 cm³/mol. The normalized spacial score (nSPS) is 25.6. The van der Waals surface area contributed by atoms with E-state index < -0.39 is 23.5 Å². The zero-order valence-electron chi connectivity index (χ0n) is 24.7. The van der Waals surface area contributed by atoms with Crippen LogP contribution in [0.15, 0.2) is 35.2 Å². The van der Waals surface area contributed by atoms with Gasteiger partial charge in [-0.2, -0.15) is 0 Å². The van der Waals surface area contributed by atoms with Gasteiger partial charge in [0, 0.05) is 18.2 Å². The fourth-order valence-electron chi connectivity index (χ4n) is 6.54. The number of carbonyl (C=O) groups is 2. The molecule has 0 bridgehead atoms. The van der Waals surface area contributed by atoms with Gasteiger partial charge in [-0.1, -0.05) is 56.4 Å². The number of pyridine rings is 1. The quantitative estimate of drug-likeness (QED) is 0.466. The Kier molecular flexibility index (Phi) is 9.81. The third-order valence-corrected chi connectivity index (χ3v) is 8.98. The van der Waals surface area contributed by atoms with Gasteiger partial charge in [-0.3, -0.25) is 9.59 Å². The average Bonchev–Trinajstić information content (AvgIpc) is 2.96. The summed E-state index contributed by atoms with van der Waals surface area (Å²) >= 11 is 0. The number of nitrogens with zero attached hydrogens (tertiary/aromatic N) is 1. The Hall–Kier alpha value is -2.71. The van der Waals surface area contributed by atoms with E-state index in [0.717, 1.165) is 62.6 Å². The van der Waals surface area contributed by atoms with E-state index >= 15 is 0 Å². The van der Waals surface area contributed by atoms with Crippen molar-refractivity contribution in [3.8, 4) is 0 Å². The van der Waals surface area contributed by atoms with E-state index in [0.29, 0.717) is 12.5 Å². The number of nitrogens with one attached hydrogen (secondary N) is 1. The molecule has 1 saturated carbocycles. The molecule has 1 aromatic heterocycles. The highest BCUT2D eigenvalue weighted by molar-refractivity contribution is 5.97. The minimum absolute atomic E-state index is 0.114. The summed E-state index contributed by atoms with van der Waals surface area (Å²) in [7, 11) is 0. The fraction of sp³-hybridized carbons (Fsp3) is 0.667. The number of ether oxygens (including phenoxy) is 3. The Morgan fingerprint density at radius 1 is 1.00 bits per heavy atom. The van der Waals surface area contributed by atoms with Crippen molar-refractivity contribution in [1.29, 1.82) is 0 Å². The molecule has 1 aliphatic heterocycles. The second kappa shape index (κ2) is 13.5. The lowest BCUT2D eigenvalue weighted by Gasteiger charge is -2.34. The van der Waals surface area contributed by atoms with Gasteiger partial charge in [0.15, 0.2) is 6.29 Å². The lowest BCUT2D eigenvalue weighted by atomic mass is 9.88. The van der Waals surface area contributed by atoms with Gasteiger partial charge < -0.3 is 24.1 Å². The highest BCUT2D eigenvalue weighted by Gasteiger charge is 2.37. The first-order chi connectivity index (χ1) is 19.8. The maximum atomic E-state index is 13.8. The molecule has 41 heavy (non-hydrogen) atoms. The summed E-state index contributed by atoms with van der Waals surface area (Å²) in [6.45, 7) is 4.33. The van der Waals surface area contributed by atoms with Crippen LogP contribution < -0.4 is 10.9 Å². The van der Waals surface area contributed by atoms with E-state index in [1.807, 2.05) is 16.7 Å². The Morgan fingerprint density at radius 3 is 2.41 bits per heavy atom. The van der Waals surface area contributed by atoms with Gasteiger partial charge in [0.25, 0.3) is 11.5 Å². The number of hydrogen-bond donors (Lipinski definition) is 1. The number of fused-ring (bicyclic) bond motifs is 1. The molecule has 224 valence electrons. The summed E-state index contributed by atoms with van der Waals surface area (Å²) in [4.78, 5) is 40.6. The molecule has 0 aromatic carbocycles. The number of carbonyl (C=O) groups excluding carboxylic acids is 2. The molecule has 0 radical (unpaired) electrons. The van der Waals surface area contributed by atoms with Crippen LogP contribution in [0.5, 0.6) is 0 Å². The topological polar surface area (TPSA) is 95.9 Å². The molecule has 1 amide bonds. The van der Waals surface area contributed by atoms with Gasteiger partial charge in [0.05, 0.1) is 13.2 Å². The van der Waals surface area contributed by atoms with Crippen LogP contribution in [0.1, 0.15) is 99.7 Å². The molecule has 1 aromatic rings. The Morgan fingerprint density at radius 2 is 1.71 bits per heavy atom. The molecule has 2 heterocycles. The molecule has 1 saturated heterocycles. The van der Waals surface area contributed by atoms with E-state index in [4.69, 9.17) is 14.2 Å². The molecular formula is C33H46N2O6. The molecule has 8 nitrogen and oxygen atoms in total. The maximum absolute atomic E-state index is 13.8. The first kappa shape index (κ1) is 29.8.